The lowest BCUT2D eigenvalue weighted by atomic mass is 10.0. The van der Waals surface area contributed by atoms with Crippen LogP contribution in [-0.2, 0) is 21.2 Å². The van der Waals surface area contributed by atoms with Gasteiger partial charge in [0.1, 0.15) is 0 Å². The fourth-order valence-corrected chi connectivity index (χ4v) is 3.99. The molecule has 9 nitrogen and oxygen atoms in total. The van der Waals surface area contributed by atoms with Gasteiger partial charge in [-0.2, -0.15) is 0 Å². The second-order valence-electron chi connectivity index (χ2n) is 7.80. The predicted octanol–water partition coefficient (Wildman–Crippen LogP) is 1.98. The van der Waals surface area contributed by atoms with Crippen molar-refractivity contribution in [3.63, 3.8) is 0 Å². The molecule has 1 amide bonds. The highest BCUT2D eigenvalue weighted by Crippen LogP contribution is 2.24. The summed E-state index contributed by atoms with van der Waals surface area (Å²) in [6.07, 6.45) is 5.78. The van der Waals surface area contributed by atoms with Gasteiger partial charge < -0.3 is 4.57 Å². The van der Waals surface area contributed by atoms with Gasteiger partial charge in [0, 0.05) is 43.0 Å². The largest absolute Gasteiger partial charge is 0.315 e. The first-order valence-corrected chi connectivity index (χ1v) is 11.7. The molecular weight excluding hydrogens is 432 g/mol. The Morgan fingerprint density at radius 3 is 2.22 bits per heavy atom. The smallest absolute Gasteiger partial charge is 0.264 e. The van der Waals surface area contributed by atoms with Crippen LogP contribution in [0.15, 0.2) is 59.8 Å². The van der Waals surface area contributed by atoms with Crippen LogP contribution in [0.4, 0.5) is 0 Å². The van der Waals surface area contributed by atoms with Crippen molar-refractivity contribution < 1.29 is 18.4 Å². The number of benzene rings is 1. The maximum absolute atomic E-state index is 12.6. The molecule has 0 spiro atoms. The molecule has 2 aromatic heterocycles. The summed E-state index contributed by atoms with van der Waals surface area (Å²) in [5.41, 5.74) is 4.40. The Balaban J connectivity index is 1.80. The van der Waals surface area contributed by atoms with Gasteiger partial charge in [-0.15, -0.1) is 0 Å². The van der Waals surface area contributed by atoms with E-state index in [1.54, 1.807) is 24.7 Å². The van der Waals surface area contributed by atoms with E-state index in [2.05, 4.69) is 9.97 Å². The Morgan fingerprint density at radius 2 is 1.69 bits per heavy atom. The van der Waals surface area contributed by atoms with Gasteiger partial charge in [-0.05, 0) is 43.0 Å². The highest BCUT2D eigenvalue weighted by atomic mass is 32.2. The summed E-state index contributed by atoms with van der Waals surface area (Å²) in [7, 11) is -3.84. The minimum absolute atomic E-state index is 0.0141. The van der Waals surface area contributed by atoms with Crippen molar-refractivity contribution in [2.45, 2.75) is 31.6 Å². The van der Waals surface area contributed by atoms with E-state index in [0.717, 1.165) is 22.9 Å². The van der Waals surface area contributed by atoms with Gasteiger partial charge in [-0.1, -0.05) is 24.3 Å². The van der Waals surface area contributed by atoms with Crippen LogP contribution in [0, 0.1) is 6.92 Å². The van der Waals surface area contributed by atoms with Crippen molar-refractivity contribution >= 4 is 15.7 Å². The minimum Gasteiger partial charge on any atom is -0.315 e. The molecule has 0 bridgehead atoms. The molecule has 1 unspecified atom stereocenters. The number of aryl methyl sites for hydroxylation is 2. The standard InChI is InChI=1S/C22H24N4O5S/c1-15-13-23-20(24-14-15)17-6-4-16(5-7-17)18-8-10-26(19(27)12-18)11-9-22(2,21(28)25-29)32(3,30)31/h4-8,10,12-14,29H,9,11H2,1-3H3,(H,25,28). The summed E-state index contributed by atoms with van der Waals surface area (Å²) in [5, 5.41) is 8.91. The lowest BCUT2D eigenvalue weighted by molar-refractivity contribution is -0.131. The van der Waals surface area contributed by atoms with Crippen LogP contribution in [0.2, 0.25) is 0 Å². The molecule has 0 saturated carbocycles. The Morgan fingerprint density at radius 1 is 1.09 bits per heavy atom. The Labute approximate surface area is 185 Å². The highest BCUT2D eigenvalue weighted by Gasteiger charge is 2.43. The first kappa shape index (κ1) is 23.3. The van der Waals surface area contributed by atoms with E-state index in [1.807, 2.05) is 31.2 Å². The van der Waals surface area contributed by atoms with Crippen molar-refractivity contribution in [1.29, 1.82) is 0 Å². The van der Waals surface area contributed by atoms with Crippen molar-refractivity contribution in [3.05, 3.63) is 70.9 Å². The molecule has 0 aliphatic heterocycles. The average molecular weight is 457 g/mol. The number of amides is 1. The van der Waals surface area contributed by atoms with Gasteiger partial charge in [-0.25, -0.2) is 23.9 Å². The van der Waals surface area contributed by atoms with Gasteiger partial charge in [0.25, 0.3) is 11.5 Å². The highest BCUT2D eigenvalue weighted by molar-refractivity contribution is 7.92. The fourth-order valence-electron chi connectivity index (χ4n) is 3.14. The van der Waals surface area contributed by atoms with Gasteiger partial charge in [0.15, 0.2) is 20.4 Å². The summed E-state index contributed by atoms with van der Waals surface area (Å²) < 4.78 is 23.6. The number of carbonyl (C=O) groups excluding carboxylic acids is 1. The zero-order valence-electron chi connectivity index (χ0n) is 17.9. The van der Waals surface area contributed by atoms with E-state index >= 15 is 0 Å². The Kier molecular flexibility index (Phi) is 6.56. The van der Waals surface area contributed by atoms with E-state index in [9.17, 15) is 18.0 Å². The number of sulfone groups is 1. The number of hydrogen-bond donors (Lipinski definition) is 2. The van der Waals surface area contributed by atoms with E-state index in [4.69, 9.17) is 5.21 Å². The molecular formula is C22H24N4O5S. The summed E-state index contributed by atoms with van der Waals surface area (Å²) in [6.45, 7) is 3.12. The number of rotatable bonds is 7. The van der Waals surface area contributed by atoms with E-state index in [0.29, 0.717) is 11.4 Å². The number of nitrogens with zero attached hydrogens (tertiary/aromatic N) is 3. The van der Waals surface area contributed by atoms with Crippen molar-refractivity contribution in [2.24, 2.45) is 0 Å². The third kappa shape index (κ3) is 4.76. The third-order valence-electron chi connectivity index (χ3n) is 5.48. The maximum Gasteiger partial charge on any atom is 0.264 e. The molecule has 2 N–H and O–H groups in total. The molecule has 0 saturated heterocycles. The van der Waals surface area contributed by atoms with Crippen molar-refractivity contribution in [2.75, 3.05) is 6.26 Å². The molecule has 0 aliphatic carbocycles. The predicted molar refractivity (Wildman–Crippen MR) is 120 cm³/mol. The summed E-state index contributed by atoms with van der Waals surface area (Å²) in [4.78, 5) is 33.1. The van der Waals surface area contributed by atoms with Crippen molar-refractivity contribution in [1.82, 2.24) is 20.0 Å². The van der Waals surface area contributed by atoms with E-state index < -0.39 is 20.5 Å². The van der Waals surface area contributed by atoms with Crippen LogP contribution in [-0.4, -0.2) is 45.1 Å². The first-order chi connectivity index (χ1) is 15.0. The molecule has 10 heteroatoms. The molecule has 1 atom stereocenters. The summed E-state index contributed by atoms with van der Waals surface area (Å²) in [6, 6.07) is 10.7. The molecule has 3 rings (SSSR count). The molecule has 168 valence electrons. The summed E-state index contributed by atoms with van der Waals surface area (Å²) in [5.74, 6) is -0.430. The summed E-state index contributed by atoms with van der Waals surface area (Å²) >= 11 is 0. The maximum atomic E-state index is 12.6. The third-order valence-corrected chi connectivity index (χ3v) is 7.51. The second kappa shape index (κ2) is 9.01. The van der Waals surface area contributed by atoms with E-state index in [-0.39, 0.29) is 18.5 Å². The molecule has 32 heavy (non-hydrogen) atoms. The van der Waals surface area contributed by atoms with Crippen LogP contribution in [0.3, 0.4) is 0 Å². The monoisotopic (exact) mass is 456 g/mol. The Hall–Kier alpha value is -3.37. The molecule has 0 aliphatic rings. The number of carbonyl (C=O) groups is 1. The van der Waals surface area contributed by atoms with Gasteiger partial charge in [0.05, 0.1) is 0 Å². The van der Waals surface area contributed by atoms with Gasteiger partial charge in [-0.3, -0.25) is 14.8 Å². The number of hydrogen-bond acceptors (Lipinski definition) is 7. The van der Waals surface area contributed by atoms with Gasteiger partial charge >= 0.3 is 0 Å². The molecule has 0 radical (unpaired) electrons. The van der Waals surface area contributed by atoms with Crippen molar-refractivity contribution in [3.8, 4) is 22.5 Å². The number of hydroxylamine groups is 1. The number of pyridine rings is 1. The minimum atomic E-state index is -3.84. The molecule has 0 fully saturated rings. The molecule has 2 heterocycles. The van der Waals surface area contributed by atoms with Crippen LogP contribution < -0.4 is 11.0 Å². The van der Waals surface area contributed by atoms with Crippen LogP contribution in [0.25, 0.3) is 22.5 Å². The SMILES string of the molecule is Cc1cnc(-c2ccc(-c3ccn(CCC(C)(C(=O)NO)S(C)(=O)=O)c(=O)c3)cc2)nc1. The normalized spacial score (nSPS) is 13.4. The van der Waals surface area contributed by atoms with Gasteiger partial charge in [0.2, 0.25) is 0 Å². The number of nitrogens with one attached hydrogen (secondary N) is 1. The number of aromatic nitrogens is 3. The fraction of sp³-hybridized carbons (Fsp3) is 0.273. The van der Waals surface area contributed by atoms with Crippen LogP contribution in [0.1, 0.15) is 18.9 Å². The zero-order valence-corrected chi connectivity index (χ0v) is 18.8. The van der Waals surface area contributed by atoms with E-state index in [1.165, 1.54) is 23.0 Å². The lowest BCUT2D eigenvalue weighted by Crippen LogP contribution is -2.49. The topological polar surface area (TPSA) is 131 Å². The van der Waals surface area contributed by atoms with Crippen LogP contribution in [0.5, 0.6) is 0 Å². The second-order valence-corrected chi connectivity index (χ2v) is 10.2. The molecule has 3 aromatic rings. The quantitative estimate of drug-likeness (QED) is 0.410. The first-order valence-electron chi connectivity index (χ1n) is 9.79. The average Bonchev–Trinajstić information content (AvgIpc) is 2.77. The Bertz CT molecular complexity index is 1290. The zero-order chi connectivity index (χ0) is 23.5. The van der Waals surface area contributed by atoms with Crippen LogP contribution >= 0.6 is 0 Å². The molecule has 1 aromatic carbocycles. The lowest BCUT2D eigenvalue weighted by Gasteiger charge is -2.25.